The minimum atomic E-state index is 0.0259. The van der Waals surface area contributed by atoms with E-state index < -0.39 is 0 Å². The molecule has 0 saturated carbocycles. The maximum Gasteiger partial charge on any atom is 0.225 e. The van der Waals surface area contributed by atoms with E-state index in [0.29, 0.717) is 6.04 Å². The molecule has 1 aromatic heterocycles. The van der Waals surface area contributed by atoms with Gasteiger partial charge in [-0.3, -0.25) is 14.4 Å². The molecule has 1 fully saturated rings. The Hall–Kier alpha value is -1.40. The monoisotopic (exact) mass is 293 g/mol. The molecule has 1 atom stereocenters. The second kappa shape index (κ2) is 7.04. The lowest BCUT2D eigenvalue weighted by atomic mass is 10.1. The average Bonchev–Trinajstić information content (AvgIpc) is 2.83. The van der Waals surface area contributed by atoms with Crippen LogP contribution in [0, 0.1) is 5.92 Å². The summed E-state index contributed by atoms with van der Waals surface area (Å²) in [6.07, 6.45) is 1.86. The zero-order valence-electron chi connectivity index (χ0n) is 13.5. The Kier molecular flexibility index (Phi) is 5.36. The molecule has 0 radical (unpaired) electrons. The van der Waals surface area contributed by atoms with Crippen LogP contribution < -0.4 is 5.32 Å². The molecule has 0 bridgehead atoms. The van der Waals surface area contributed by atoms with Gasteiger partial charge in [-0.15, -0.1) is 0 Å². The molecule has 1 aliphatic heterocycles. The van der Waals surface area contributed by atoms with Gasteiger partial charge in [0.2, 0.25) is 5.91 Å². The molecular formula is C15H27N5O. The van der Waals surface area contributed by atoms with E-state index in [4.69, 9.17) is 0 Å². The smallest absolute Gasteiger partial charge is 0.225 e. The normalized spacial score (nSPS) is 21.5. The lowest BCUT2D eigenvalue weighted by Gasteiger charge is -2.23. The molecule has 1 aliphatic rings. The molecular weight excluding hydrogens is 266 g/mol. The van der Waals surface area contributed by atoms with Gasteiger partial charge in [-0.25, -0.2) is 0 Å². The van der Waals surface area contributed by atoms with Crippen molar-refractivity contribution in [2.75, 3.05) is 40.3 Å². The largest absolute Gasteiger partial charge is 0.359 e. The predicted molar refractivity (Wildman–Crippen MR) is 82.9 cm³/mol. The van der Waals surface area contributed by atoms with Crippen molar-refractivity contribution in [1.29, 1.82) is 0 Å². The molecule has 1 aromatic rings. The highest BCUT2D eigenvalue weighted by Crippen LogP contribution is 2.14. The van der Waals surface area contributed by atoms with Crippen LogP contribution in [0.2, 0.25) is 0 Å². The van der Waals surface area contributed by atoms with Gasteiger partial charge in [0.05, 0.1) is 11.6 Å². The standard InChI is InChI=1S/C15H27N5O/c1-12(2)20-14(5-6-17-20)11-19-8-7-18(4)9-13(10-19)15(21)16-3/h5-6,12-13H,7-11H2,1-4H3,(H,16,21)/t13-/m0/s1. The van der Waals surface area contributed by atoms with E-state index in [9.17, 15) is 4.79 Å². The lowest BCUT2D eigenvalue weighted by Crippen LogP contribution is -2.39. The molecule has 1 amide bonds. The molecule has 0 aliphatic carbocycles. The highest BCUT2D eigenvalue weighted by atomic mass is 16.1. The van der Waals surface area contributed by atoms with E-state index in [1.165, 1.54) is 5.69 Å². The van der Waals surface area contributed by atoms with Crippen LogP contribution in [-0.4, -0.2) is 65.8 Å². The van der Waals surface area contributed by atoms with Crippen molar-refractivity contribution in [3.63, 3.8) is 0 Å². The highest BCUT2D eigenvalue weighted by molar-refractivity contribution is 5.78. The van der Waals surface area contributed by atoms with Crippen LogP contribution in [-0.2, 0) is 11.3 Å². The number of nitrogens with one attached hydrogen (secondary N) is 1. The number of carbonyl (C=O) groups is 1. The van der Waals surface area contributed by atoms with Gasteiger partial charge in [-0.2, -0.15) is 5.10 Å². The van der Waals surface area contributed by atoms with Gasteiger partial charge in [0.1, 0.15) is 0 Å². The van der Waals surface area contributed by atoms with Gasteiger partial charge in [0.15, 0.2) is 0 Å². The van der Waals surface area contributed by atoms with Gasteiger partial charge in [0.25, 0.3) is 0 Å². The molecule has 0 aromatic carbocycles. The van der Waals surface area contributed by atoms with Crippen LogP contribution in [0.3, 0.4) is 0 Å². The van der Waals surface area contributed by atoms with Crippen LogP contribution in [0.1, 0.15) is 25.6 Å². The molecule has 0 spiro atoms. The fraction of sp³-hybridized carbons (Fsp3) is 0.733. The summed E-state index contributed by atoms with van der Waals surface area (Å²) < 4.78 is 2.06. The number of nitrogens with zero attached hydrogens (tertiary/aromatic N) is 4. The molecule has 6 nitrogen and oxygen atoms in total. The predicted octanol–water partition coefficient (Wildman–Crippen LogP) is 0.574. The van der Waals surface area contributed by atoms with Crippen molar-refractivity contribution < 1.29 is 4.79 Å². The Morgan fingerprint density at radius 2 is 2.19 bits per heavy atom. The molecule has 0 unspecified atom stereocenters. The van der Waals surface area contributed by atoms with Crippen LogP contribution in [0.25, 0.3) is 0 Å². The Morgan fingerprint density at radius 1 is 1.43 bits per heavy atom. The van der Waals surface area contributed by atoms with E-state index in [1.54, 1.807) is 7.05 Å². The Labute approximate surface area is 127 Å². The van der Waals surface area contributed by atoms with Crippen LogP contribution >= 0.6 is 0 Å². The third-order valence-electron chi connectivity index (χ3n) is 4.05. The zero-order valence-corrected chi connectivity index (χ0v) is 13.5. The van der Waals surface area contributed by atoms with E-state index in [0.717, 1.165) is 32.7 Å². The summed E-state index contributed by atoms with van der Waals surface area (Å²) in [6.45, 7) is 8.71. The number of hydrogen-bond donors (Lipinski definition) is 1. The number of hydrogen-bond acceptors (Lipinski definition) is 4. The average molecular weight is 293 g/mol. The summed E-state index contributed by atoms with van der Waals surface area (Å²) in [7, 11) is 3.79. The van der Waals surface area contributed by atoms with E-state index in [1.807, 2.05) is 6.20 Å². The van der Waals surface area contributed by atoms with E-state index >= 15 is 0 Å². The molecule has 118 valence electrons. The first-order valence-electron chi connectivity index (χ1n) is 7.66. The van der Waals surface area contributed by atoms with Crippen molar-refractivity contribution in [2.24, 2.45) is 5.92 Å². The molecule has 6 heteroatoms. The summed E-state index contributed by atoms with van der Waals surface area (Å²) in [5, 5.41) is 7.17. The first kappa shape index (κ1) is 16.0. The van der Waals surface area contributed by atoms with E-state index in [2.05, 4.69) is 51.9 Å². The minimum absolute atomic E-state index is 0.0259. The SMILES string of the molecule is CNC(=O)[C@H]1CN(C)CCN(Cc2ccnn2C(C)C)C1. The molecule has 21 heavy (non-hydrogen) atoms. The summed E-state index contributed by atoms with van der Waals surface area (Å²) in [6, 6.07) is 2.43. The summed E-state index contributed by atoms with van der Waals surface area (Å²) in [5.41, 5.74) is 1.21. The van der Waals surface area contributed by atoms with Crippen LogP contribution in [0.5, 0.6) is 0 Å². The third-order valence-corrected chi connectivity index (χ3v) is 4.05. The summed E-state index contributed by atoms with van der Waals surface area (Å²) >= 11 is 0. The number of amides is 1. The van der Waals surface area contributed by atoms with Gasteiger partial charge >= 0.3 is 0 Å². The third kappa shape index (κ3) is 4.04. The number of carbonyl (C=O) groups excluding carboxylic acids is 1. The Balaban J connectivity index is 2.07. The topological polar surface area (TPSA) is 53.4 Å². The highest BCUT2D eigenvalue weighted by Gasteiger charge is 2.26. The maximum atomic E-state index is 12.0. The minimum Gasteiger partial charge on any atom is -0.359 e. The van der Waals surface area contributed by atoms with Gasteiger partial charge in [-0.05, 0) is 27.0 Å². The van der Waals surface area contributed by atoms with Crippen molar-refractivity contribution in [3.05, 3.63) is 18.0 Å². The first-order valence-corrected chi connectivity index (χ1v) is 7.66. The number of rotatable bonds is 4. The Bertz CT molecular complexity index is 470. The lowest BCUT2D eigenvalue weighted by molar-refractivity contribution is -0.125. The van der Waals surface area contributed by atoms with Crippen molar-refractivity contribution in [2.45, 2.75) is 26.4 Å². The Morgan fingerprint density at radius 3 is 2.86 bits per heavy atom. The molecule has 1 N–H and O–H groups in total. The number of aromatic nitrogens is 2. The number of likely N-dealkylation sites (N-methyl/N-ethyl adjacent to an activating group) is 1. The van der Waals surface area contributed by atoms with Crippen LogP contribution in [0.4, 0.5) is 0 Å². The molecule has 2 rings (SSSR count). The van der Waals surface area contributed by atoms with Gasteiger partial charge in [-0.1, -0.05) is 0 Å². The molecule has 1 saturated heterocycles. The molecule has 2 heterocycles. The van der Waals surface area contributed by atoms with Gasteiger partial charge < -0.3 is 10.2 Å². The summed E-state index contributed by atoms with van der Waals surface area (Å²) in [5.74, 6) is 0.157. The first-order chi connectivity index (χ1) is 10.0. The van der Waals surface area contributed by atoms with Crippen LogP contribution in [0.15, 0.2) is 12.3 Å². The van der Waals surface area contributed by atoms with Crippen molar-refractivity contribution >= 4 is 5.91 Å². The zero-order chi connectivity index (χ0) is 15.4. The van der Waals surface area contributed by atoms with Crippen molar-refractivity contribution in [1.82, 2.24) is 24.9 Å². The van der Waals surface area contributed by atoms with Gasteiger partial charge in [0, 0.05) is 52.0 Å². The fourth-order valence-electron chi connectivity index (χ4n) is 2.91. The van der Waals surface area contributed by atoms with E-state index in [-0.39, 0.29) is 11.8 Å². The second-order valence-corrected chi connectivity index (χ2v) is 6.17. The van der Waals surface area contributed by atoms with Crippen molar-refractivity contribution in [3.8, 4) is 0 Å². The fourth-order valence-corrected chi connectivity index (χ4v) is 2.91. The quantitative estimate of drug-likeness (QED) is 0.882. The second-order valence-electron chi connectivity index (χ2n) is 6.17. The summed E-state index contributed by atoms with van der Waals surface area (Å²) in [4.78, 5) is 16.6. The maximum absolute atomic E-state index is 12.0.